The predicted octanol–water partition coefficient (Wildman–Crippen LogP) is 7.36. The second-order valence-corrected chi connectivity index (χ2v) is 10.2. The predicted molar refractivity (Wildman–Crippen MR) is 152 cm³/mol. The quantitative estimate of drug-likeness (QED) is 0.270. The number of fused-ring (bicyclic) bond motifs is 3. The maximum absolute atomic E-state index is 13.6. The van der Waals surface area contributed by atoms with Crippen LogP contribution >= 0.6 is 0 Å². The van der Waals surface area contributed by atoms with Crippen LogP contribution in [0.1, 0.15) is 51.0 Å². The van der Waals surface area contributed by atoms with E-state index in [4.69, 9.17) is 4.74 Å². The first-order valence-corrected chi connectivity index (χ1v) is 13.3. The number of nitrogens with one attached hydrogen (secondary N) is 1. The number of carbonyl (C=O) groups excluding carboxylic acids is 1. The van der Waals surface area contributed by atoms with Crippen molar-refractivity contribution in [1.82, 2.24) is 4.90 Å². The highest BCUT2D eigenvalue weighted by Gasteiger charge is 2.39. The van der Waals surface area contributed by atoms with E-state index in [1.807, 2.05) is 55.6 Å². The monoisotopic (exact) mass is 500 g/mol. The molecular weight excluding hydrogens is 468 g/mol. The lowest BCUT2D eigenvalue weighted by Crippen LogP contribution is -2.32. The number of hydrogen-bond acceptors (Lipinski definition) is 3. The van der Waals surface area contributed by atoms with Crippen LogP contribution in [0.4, 0.5) is 5.69 Å². The van der Waals surface area contributed by atoms with Gasteiger partial charge in [0.05, 0.1) is 17.3 Å². The van der Waals surface area contributed by atoms with E-state index in [1.165, 1.54) is 11.1 Å². The number of ether oxygens (including phenoxy) is 1. The molecule has 1 amide bonds. The fourth-order valence-electron chi connectivity index (χ4n) is 5.78. The molecule has 0 radical (unpaired) electrons. The molecule has 0 fully saturated rings. The minimum atomic E-state index is 0.0297. The lowest BCUT2D eigenvalue weighted by Gasteiger charge is -2.38. The Balaban J connectivity index is 1.24. The molecule has 0 spiro atoms. The van der Waals surface area contributed by atoms with Gasteiger partial charge in [-0.2, -0.15) is 0 Å². The highest BCUT2D eigenvalue weighted by atomic mass is 16.5. The van der Waals surface area contributed by atoms with E-state index < -0.39 is 0 Å². The summed E-state index contributed by atoms with van der Waals surface area (Å²) in [6.45, 7) is 1.12. The van der Waals surface area contributed by atoms with Crippen molar-refractivity contribution in [1.29, 1.82) is 0 Å². The molecule has 3 atom stereocenters. The second kappa shape index (κ2) is 10.6. The molecule has 0 saturated heterocycles. The van der Waals surface area contributed by atoms with Gasteiger partial charge < -0.3 is 15.0 Å². The van der Waals surface area contributed by atoms with E-state index >= 15 is 0 Å². The third-order valence-electron chi connectivity index (χ3n) is 7.72. The fourth-order valence-corrected chi connectivity index (χ4v) is 5.78. The summed E-state index contributed by atoms with van der Waals surface area (Å²) in [6.07, 6.45) is 5.61. The Labute approximate surface area is 224 Å². The van der Waals surface area contributed by atoms with E-state index in [9.17, 15) is 4.79 Å². The topological polar surface area (TPSA) is 41.6 Å². The van der Waals surface area contributed by atoms with Crippen molar-refractivity contribution in [3.63, 3.8) is 0 Å². The molecule has 0 saturated carbocycles. The molecular formula is C34H32N2O2. The van der Waals surface area contributed by atoms with Crippen molar-refractivity contribution in [2.75, 3.05) is 12.4 Å². The highest BCUT2D eigenvalue weighted by molar-refractivity contribution is 6.00. The summed E-state index contributed by atoms with van der Waals surface area (Å²) >= 11 is 0. The number of amides is 1. The van der Waals surface area contributed by atoms with Gasteiger partial charge in [0.15, 0.2) is 0 Å². The number of para-hydroxylation sites is 1. The van der Waals surface area contributed by atoms with Crippen molar-refractivity contribution in [2.45, 2.75) is 31.5 Å². The number of rotatable bonds is 7. The van der Waals surface area contributed by atoms with Crippen molar-refractivity contribution in [2.24, 2.45) is 5.92 Å². The van der Waals surface area contributed by atoms with Crippen LogP contribution in [-0.4, -0.2) is 17.9 Å². The molecule has 1 aliphatic heterocycles. The molecule has 3 unspecified atom stereocenters. The second-order valence-electron chi connectivity index (χ2n) is 10.2. The molecule has 190 valence electrons. The van der Waals surface area contributed by atoms with Crippen LogP contribution in [0.25, 0.3) is 0 Å². The summed E-state index contributed by atoms with van der Waals surface area (Å²) in [5.41, 5.74) is 6.37. The maximum Gasteiger partial charge on any atom is 0.256 e. The Hall–Kier alpha value is -4.31. The van der Waals surface area contributed by atoms with Gasteiger partial charge in [-0.25, -0.2) is 0 Å². The van der Waals surface area contributed by atoms with E-state index in [0.29, 0.717) is 19.1 Å². The van der Waals surface area contributed by atoms with Gasteiger partial charge in [0, 0.05) is 19.5 Å². The molecule has 4 aromatic rings. The standard InChI is InChI=1S/C34H32N2O2/c1-36(22-24-10-4-2-5-11-24)34(37)31-17-9-16-30-28-14-8-15-29(28)32(35-33(30)31)26-18-20-27(21-19-26)38-23-25-12-6-3-7-13-25/h2-14,16-21,28-29,32,35H,15,22-23H2,1H3. The minimum Gasteiger partial charge on any atom is -0.489 e. The summed E-state index contributed by atoms with van der Waals surface area (Å²) in [6, 6.07) is 35.0. The first-order valence-electron chi connectivity index (χ1n) is 13.3. The zero-order valence-electron chi connectivity index (χ0n) is 21.6. The molecule has 4 heteroatoms. The average molecular weight is 501 g/mol. The van der Waals surface area contributed by atoms with Crippen molar-refractivity contribution < 1.29 is 9.53 Å². The third-order valence-corrected chi connectivity index (χ3v) is 7.72. The summed E-state index contributed by atoms with van der Waals surface area (Å²) in [7, 11) is 1.88. The van der Waals surface area contributed by atoms with Crippen LogP contribution in [0.2, 0.25) is 0 Å². The maximum atomic E-state index is 13.6. The van der Waals surface area contributed by atoms with Gasteiger partial charge in [-0.15, -0.1) is 0 Å². The normalized spacial score (nSPS) is 19.2. The molecule has 6 rings (SSSR count). The number of allylic oxidation sites excluding steroid dienone is 2. The Morgan fingerprint density at radius 3 is 2.32 bits per heavy atom. The molecule has 4 nitrogen and oxygen atoms in total. The number of nitrogens with zero attached hydrogens (tertiary/aromatic N) is 1. The molecule has 1 aliphatic carbocycles. The van der Waals surface area contributed by atoms with Gasteiger partial charge in [0.25, 0.3) is 5.91 Å². The van der Waals surface area contributed by atoms with Gasteiger partial charge >= 0.3 is 0 Å². The van der Waals surface area contributed by atoms with E-state index in [-0.39, 0.29) is 17.9 Å². The summed E-state index contributed by atoms with van der Waals surface area (Å²) in [5, 5.41) is 3.80. The number of anilines is 1. The molecule has 1 N–H and O–H groups in total. The van der Waals surface area contributed by atoms with Gasteiger partial charge in [-0.05, 0) is 52.8 Å². The lowest BCUT2D eigenvalue weighted by molar-refractivity contribution is 0.0785. The fraction of sp³-hybridized carbons (Fsp3) is 0.206. The lowest BCUT2D eigenvalue weighted by atomic mass is 9.76. The van der Waals surface area contributed by atoms with Crippen LogP contribution in [-0.2, 0) is 13.2 Å². The first-order chi connectivity index (χ1) is 18.7. The minimum absolute atomic E-state index is 0.0297. The molecule has 0 bridgehead atoms. The Morgan fingerprint density at radius 1 is 0.868 bits per heavy atom. The van der Waals surface area contributed by atoms with Crippen LogP contribution in [0.3, 0.4) is 0 Å². The summed E-state index contributed by atoms with van der Waals surface area (Å²) in [5.74, 6) is 1.58. The molecule has 4 aromatic carbocycles. The first kappa shape index (κ1) is 24.1. The zero-order chi connectivity index (χ0) is 25.9. The van der Waals surface area contributed by atoms with E-state index in [0.717, 1.165) is 34.5 Å². The Kier molecular flexibility index (Phi) is 6.70. The van der Waals surface area contributed by atoms with Gasteiger partial charge in [-0.3, -0.25) is 4.79 Å². The highest BCUT2D eigenvalue weighted by Crippen LogP contribution is 2.50. The molecule has 0 aromatic heterocycles. The van der Waals surface area contributed by atoms with Crippen LogP contribution in [0.5, 0.6) is 5.75 Å². The molecule has 2 aliphatic rings. The number of carbonyl (C=O) groups is 1. The van der Waals surface area contributed by atoms with Crippen molar-refractivity contribution in [3.8, 4) is 5.75 Å². The Bertz CT molecular complexity index is 1430. The van der Waals surface area contributed by atoms with Crippen LogP contribution < -0.4 is 10.1 Å². The smallest absolute Gasteiger partial charge is 0.256 e. The largest absolute Gasteiger partial charge is 0.489 e. The third kappa shape index (κ3) is 4.82. The Morgan fingerprint density at radius 2 is 1.58 bits per heavy atom. The number of benzene rings is 4. The van der Waals surface area contributed by atoms with Crippen LogP contribution in [0.15, 0.2) is 115 Å². The van der Waals surface area contributed by atoms with Crippen molar-refractivity contribution in [3.05, 3.63) is 143 Å². The molecule has 1 heterocycles. The van der Waals surface area contributed by atoms with Crippen LogP contribution in [0, 0.1) is 5.92 Å². The van der Waals surface area contributed by atoms with E-state index in [1.54, 1.807) is 4.90 Å². The number of hydrogen-bond donors (Lipinski definition) is 1. The summed E-state index contributed by atoms with van der Waals surface area (Å²) in [4.78, 5) is 15.4. The molecule has 38 heavy (non-hydrogen) atoms. The average Bonchev–Trinajstić information content (AvgIpc) is 3.47. The van der Waals surface area contributed by atoms with E-state index in [2.05, 4.69) is 72.1 Å². The van der Waals surface area contributed by atoms with Gasteiger partial charge in [0.1, 0.15) is 12.4 Å². The summed E-state index contributed by atoms with van der Waals surface area (Å²) < 4.78 is 6.02. The van der Waals surface area contributed by atoms with Crippen molar-refractivity contribution >= 4 is 11.6 Å². The van der Waals surface area contributed by atoms with Gasteiger partial charge in [0.2, 0.25) is 0 Å². The SMILES string of the molecule is CN(Cc1ccccc1)C(=O)c1cccc2c1NC(c1ccc(OCc3ccccc3)cc1)C1CC=CC21. The zero-order valence-corrected chi connectivity index (χ0v) is 21.6. The van der Waals surface area contributed by atoms with Gasteiger partial charge in [-0.1, -0.05) is 97.1 Å².